The number of nitrogens with one attached hydrogen (secondary N) is 1. The second kappa shape index (κ2) is 9.78. The first-order valence-electron chi connectivity index (χ1n) is 7.91. The van der Waals surface area contributed by atoms with Crippen molar-refractivity contribution in [2.75, 3.05) is 6.54 Å². The number of hydrogen-bond acceptors (Lipinski definition) is 2. The van der Waals surface area contributed by atoms with Gasteiger partial charge in [-0.3, -0.25) is 9.59 Å². The van der Waals surface area contributed by atoms with Crippen LogP contribution in [0.25, 0.3) is 0 Å². The van der Waals surface area contributed by atoms with Crippen molar-refractivity contribution in [3.63, 3.8) is 0 Å². The van der Waals surface area contributed by atoms with E-state index in [9.17, 15) is 9.59 Å². The van der Waals surface area contributed by atoms with Crippen molar-refractivity contribution in [2.24, 2.45) is 0 Å². The van der Waals surface area contributed by atoms with Crippen molar-refractivity contribution in [1.29, 1.82) is 0 Å². The molecule has 0 unspecified atom stereocenters. The lowest BCUT2D eigenvalue weighted by molar-refractivity contribution is -0.140. The Morgan fingerprint density at radius 3 is 2.43 bits per heavy atom. The largest absolute Gasteiger partial charge is 0.354 e. The third kappa shape index (κ3) is 6.04. The summed E-state index contributed by atoms with van der Waals surface area (Å²) < 4.78 is 0. The number of amides is 2. The SMILES string of the molecule is CCCNC(=O)[C@@H](C)N(Cc1ccc(Cl)c(Cl)c1)C(=O)CCC. The van der Waals surface area contributed by atoms with Gasteiger partial charge in [0, 0.05) is 19.5 Å². The number of carbonyl (C=O) groups is 2. The molecule has 0 spiro atoms. The Morgan fingerprint density at radius 1 is 1.17 bits per heavy atom. The van der Waals surface area contributed by atoms with Crippen LogP contribution in [0.2, 0.25) is 10.0 Å². The van der Waals surface area contributed by atoms with Gasteiger partial charge in [-0.15, -0.1) is 0 Å². The summed E-state index contributed by atoms with van der Waals surface area (Å²) in [4.78, 5) is 26.2. The van der Waals surface area contributed by atoms with Crippen molar-refractivity contribution in [1.82, 2.24) is 10.2 Å². The number of halogens is 2. The van der Waals surface area contributed by atoms with E-state index in [1.54, 1.807) is 24.0 Å². The van der Waals surface area contributed by atoms with Gasteiger partial charge in [0.25, 0.3) is 0 Å². The minimum Gasteiger partial charge on any atom is -0.354 e. The predicted molar refractivity (Wildman–Crippen MR) is 94.7 cm³/mol. The highest BCUT2D eigenvalue weighted by Gasteiger charge is 2.25. The van der Waals surface area contributed by atoms with E-state index in [2.05, 4.69) is 5.32 Å². The smallest absolute Gasteiger partial charge is 0.242 e. The molecule has 0 aromatic heterocycles. The van der Waals surface area contributed by atoms with Crippen molar-refractivity contribution in [3.8, 4) is 0 Å². The Kier molecular flexibility index (Phi) is 8.42. The van der Waals surface area contributed by atoms with Gasteiger partial charge in [0.05, 0.1) is 10.0 Å². The van der Waals surface area contributed by atoms with Gasteiger partial charge in [0.15, 0.2) is 0 Å². The van der Waals surface area contributed by atoms with E-state index in [1.165, 1.54) is 0 Å². The molecule has 23 heavy (non-hydrogen) atoms. The molecular formula is C17H24Cl2N2O2. The molecule has 0 bridgehead atoms. The van der Waals surface area contributed by atoms with Gasteiger partial charge in [0.1, 0.15) is 6.04 Å². The number of rotatable bonds is 8. The fourth-order valence-electron chi connectivity index (χ4n) is 2.17. The molecule has 0 fully saturated rings. The van der Waals surface area contributed by atoms with E-state index in [-0.39, 0.29) is 11.8 Å². The van der Waals surface area contributed by atoms with Crippen molar-refractivity contribution >= 4 is 35.0 Å². The van der Waals surface area contributed by atoms with Crippen LogP contribution in [0.15, 0.2) is 18.2 Å². The Hall–Kier alpha value is -1.26. The molecule has 0 heterocycles. The summed E-state index contributed by atoms with van der Waals surface area (Å²) in [6.07, 6.45) is 2.00. The number of nitrogens with zero attached hydrogens (tertiary/aromatic N) is 1. The first-order chi connectivity index (χ1) is 10.9. The molecule has 0 saturated carbocycles. The second-order valence-corrected chi connectivity index (χ2v) is 6.30. The molecule has 1 rings (SSSR count). The monoisotopic (exact) mass is 358 g/mol. The zero-order valence-electron chi connectivity index (χ0n) is 13.9. The van der Waals surface area contributed by atoms with Crippen molar-refractivity contribution in [3.05, 3.63) is 33.8 Å². The molecule has 1 atom stereocenters. The third-order valence-electron chi connectivity index (χ3n) is 3.52. The van der Waals surface area contributed by atoms with Crippen molar-refractivity contribution < 1.29 is 9.59 Å². The van der Waals surface area contributed by atoms with E-state index in [4.69, 9.17) is 23.2 Å². The lowest BCUT2D eigenvalue weighted by Crippen LogP contribution is -2.47. The number of carbonyl (C=O) groups excluding carboxylic acids is 2. The van der Waals surface area contributed by atoms with Gasteiger partial charge in [-0.05, 0) is 37.5 Å². The minimum atomic E-state index is -0.532. The topological polar surface area (TPSA) is 49.4 Å². The molecule has 1 N–H and O–H groups in total. The Labute approximate surface area is 148 Å². The minimum absolute atomic E-state index is 0.0438. The summed E-state index contributed by atoms with van der Waals surface area (Å²) in [5.41, 5.74) is 0.846. The Morgan fingerprint density at radius 2 is 1.87 bits per heavy atom. The highest BCUT2D eigenvalue weighted by atomic mass is 35.5. The highest BCUT2D eigenvalue weighted by Crippen LogP contribution is 2.24. The summed E-state index contributed by atoms with van der Waals surface area (Å²) in [5, 5.41) is 3.74. The third-order valence-corrected chi connectivity index (χ3v) is 4.26. The first kappa shape index (κ1) is 19.8. The summed E-state index contributed by atoms with van der Waals surface area (Å²) in [7, 11) is 0. The maximum Gasteiger partial charge on any atom is 0.242 e. The lowest BCUT2D eigenvalue weighted by Gasteiger charge is -2.29. The summed E-state index contributed by atoms with van der Waals surface area (Å²) in [5.74, 6) is -0.186. The average molecular weight is 359 g/mol. The molecule has 1 aromatic rings. The van der Waals surface area contributed by atoms with Crippen LogP contribution in [0.5, 0.6) is 0 Å². The predicted octanol–water partition coefficient (Wildman–Crippen LogP) is 4.04. The zero-order valence-corrected chi connectivity index (χ0v) is 15.4. The molecular weight excluding hydrogens is 335 g/mol. The normalized spacial score (nSPS) is 11.9. The van der Waals surface area contributed by atoms with E-state index in [1.807, 2.05) is 19.9 Å². The van der Waals surface area contributed by atoms with E-state index >= 15 is 0 Å². The highest BCUT2D eigenvalue weighted by molar-refractivity contribution is 6.42. The van der Waals surface area contributed by atoms with Gasteiger partial charge < -0.3 is 10.2 Å². The van der Waals surface area contributed by atoms with Crippen LogP contribution in [0, 0.1) is 0 Å². The molecule has 0 saturated heterocycles. The Bertz CT molecular complexity index is 549. The fourth-order valence-corrected chi connectivity index (χ4v) is 2.49. The van der Waals surface area contributed by atoms with Crippen molar-refractivity contribution in [2.45, 2.75) is 52.6 Å². The quantitative estimate of drug-likeness (QED) is 0.762. The van der Waals surface area contributed by atoms with Gasteiger partial charge >= 0.3 is 0 Å². The van der Waals surface area contributed by atoms with Crippen LogP contribution >= 0.6 is 23.2 Å². The van der Waals surface area contributed by atoms with E-state index in [0.29, 0.717) is 29.6 Å². The summed E-state index contributed by atoms with van der Waals surface area (Å²) >= 11 is 12.0. The molecule has 4 nitrogen and oxygen atoms in total. The maximum absolute atomic E-state index is 12.4. The molecule has 1 aromatic carbocycles. The first-order valence-corrected chi connectivity index (χ1v) is 8.67. The standard InChI is InChI=1S/C17H24Cl2N2O2/c1-4-6-16(22)21(12(3)17(23)20-9-5-2)11-13-7-8-14(18)15(19)10-13/h7-8,10,12H,4-6,9,11H2,1-3H3,(H,20,23)/t12-/m1/s1. The summed E-state index contributed by atoms with van der Waals surface area (Å²) in [6, 6.07) is 4.71. The van der Waals surface area contributed by atoms with Gasteiger partial charge in [0.2, 0.25) is 11.8 Å². The zero-order chi connectivity index (χ0) is 17.4. The van der Waals surface area contributed by atoms with Crippen LogP contribution in [-0.4, -0.2) is 29.3 Å². The molecule has 128 valence electrons. The lowest BCUT2D eigenvalue weighted by atomic mass is 10.1. The van der Waals surface area contributed by atoms with E-state index in [0.717, 1.165) is 18.4 Å². The molecule has 0 aliphatic rings. The number of hydrogen-bond donors (Lipinski definition) is 1. The van der Waals surface area contributed by atoms with Gasteiger partial charge in [-0.25, -0.2) is 0 Å². The van der Waals surface area contributed by atoms with Crippen LogP contribution in [0.4, 0.5) is 0 Å². The summed E-state index contributed by atoms with van der Waals surface area (Å²) in [6.45, 7) is 6.61. The fraction of sp³-hybridized carbons (Fsp3) is 0.529. The van der Waals surface area contributed by atoms with Crippen LogP contribution in [0.1, 0.15) is 45.6 Å². The van der Waals surface area contributed by atoms with Crippen LogP contribution < -0.4 is 5.32 Å². The molecule has 0 radical (unpaired) electrons. The van der Waals surface area contributed by atoms with E-state index < -0.39 is 6.04 Å². The molecule has 0 aliphatic carbocycles. The maximum atomic E-state index is 12.4. The van der Waals surface area contributed by atoms with Crippen LogP contribution in [-0.2, 0) is 16.1 Å². The van der Waals surface area contributed by atoms with Crippen LogP contribution in [0.3, 0.4) is 0 Å². The van der Waals surface area contributed by atoms with Gasteiger partial charge in [-0.2, -0.15) is 0 Å². The van der Waals surface area contributed by atoms with Gasteiger partial charge in [-0.1, -0.05) is 43.1 Å². The number of benzene rings is 1. The molecule has 2 amide bonds. The molecule has 0 aliphatic heterocycles. The average Bonchev–Trinajstić information content (AvgIpc) is 2.53. The second-order valence-electron chi connectivity index (χ2n) is 5.49. The molecule has 6 heteroatoms. The Balaban J connectivity index is 2.93.